The second-order valence-electron chi connectivity index (χ2n) is 12.2. The molecular weight excluding hydrogens is 672 g/mol. The van der Waals surface area contributed by atoms with E-state index in [9.17, 15) is 39.6 Å². The van der Waals surface area contributed by atoms with Gasteiger partial charge >= 0.3 is 12.5 Å². The molecule has 252 valence electrons. The van der Waals surface area contributed by atoms with E-state index in [1.165, 1.54) is 4.90 Å². The number of hydrogen-bond acceptors (Lipinski definition) is 9. The van der Waals surface area contributed by atoms with Gasteiger partial charge in [-0.25, -0.2) is 18.4 Å². The average molecular weight is 702 g/mol. The molecule has 3 aromatic rings. The van der Waals surface area contributed by atoms with Crippen molar-refractivity contribution in [1.29, 1.82) is 0 Å². The van der Waals surface area contributed by atoms with Crippen LogP contribution in [0.4, 0.5) is 38.0 Å². The Morgan fingerprint density at radius 1 is 1.02 bits per heavy atom. The van der Waals surface area contributed by atoms with Crippen LogP contribution in [0.1, 0.15) is 63.5 Å². The fourth-order valence-electron chi connectivity index (χ4n) is 6.13. The van der Waals surface area contributed by atoms with Crippen LogP contribution in [-0.2, 0) is 33.7 Å². The molecule has 2 aromatic heterocycles. The van der Waals surface area contributed by atoms with E-state index in [2.05, 4.69) is 20.0 Å². The van der Waals surface area contributed by atoms with Crippen molar-refractivity contribution in [2.24, 2.45) is 0 Å². The molecule has 4 aliphatic rings. The third-order valence-corrected chi connectivity index (χ3v) is 11.8. The molecule has 9 nitrogen and oxygen atoms in total. The van der Waals surface area contributed by atoms with Crippen LogP contribution in [0.5, 0.6) is 0 Å². The number of alkyl halides is 6. The number of ether oxygens (including phenoxy) is 1. The van der Waals surface area contributed by atoms with Crippen LogP contribution in [-0.4, -0.2) is 78.5 Å². The van der Waals surface area contributed by atoms with Gasteiger partial charge in [0.2, 0.25) is 5.95 Å². The molecule has 4 heterocycles. The number of hydrogen-bond donors (Lipinski definition) is 1. The van der Waals surface area contributed by atoms with E-state index in [0.717, 1.165) is 48.4 Å². The fourth-order valence-corrected chi connectivity index (χ4v) is 9.05. The third-order valence-electron chi connectivity index (χ3n) is 8.80. The molecule has 1 amide bonds. The number of nitrogens with one attached hydrogen (secondary N) is 1. The highest BCUT2D eigenvalue weighted by atomic mass is 32.2. The number of thiophene rings is 1. The molecule has 0 unspecified atom stereocenters. The Kier molecular flexibility index (Phi) is 8.03. The molecule has 2 aliphatic carbocycles. The lowest BCUT2D eigenvalue weighted by Gasteiger charge is -2.30. The number of fused-ring (bicyclic) bond motifs is 2. The summed E-state index contributed by atoms with van der Waals surface area (Å²) in [6.45, 7) is 0.596. The minimum Gasteiger partial charge on any atom is -0.334 e. The Morgan fingerprint density at radius 3 is 2.47 bits per heavy atom. The Balaban J connectivity index is 1.20. The van der Waals surface area contributed by atoms with Crippen LogP contribution in [0.3, 0.4) is 0 Å². The van der Waals surface area contributed by atoms with Gasteiger partial charge in [0.25, 0.3) is 5.91 Å². The third kappa shape index (κ3) is 6.85. The smallest absolute Gasteiger partial charge is 0.334 e. The molecule has 1 N–H and O–H groups in total. The Morgan fingerprint density at radius 2 is 1.79 bits per heavy atom. The van der Waals surface area contributed by atoms with E-state index in [0.29, 0.717) is 42.7 Å². The number of halogens is 6. The number of sulfone groups is 1. The van der Waals surface area contributed by atoms with Crippen molar-refractivity contribution in [1.82, 2.24) is 19.8 Å². The summed E-state index contributed by atoms with van der Waals surface area (Å²) in [6.07, 6.45) is -5.06. The zero-order valence-corrected chi connectivity index (χ0v) is 26.4. The summed E-state index contributed by atoms with van der Waals surface area (Å²) in [6, 6.07) is 4.91. The summed E-state index contributed by atoms with van der Waals surface area (Å²) in [4.78, 5) is 24.4. The number of carbonyl (C=O) groups is 1. The Labute approximate surface area is 269 Å². The number of carbonyl (C=O) groups excluding carboxylic acids is 1. The van der Waals surface area contributed by atoms with Gasteiger partial charge in [-0.1, -0.05) is 6.07 Å². The lowest BCUT2D eigenvalue weighted by atomic mass is 9.94. The standard InChI is InChI=1S/C30H29F6N5O4S2/c31-29(32,33)21-14-37-28(39-25(21)23-13-24-26(46-23)27(42)41(19-3-4-19)8-10-47(24,43)44)38-22-12-17-5-6-40(7-9-45-30(34,35)36)15-18(17)11-20(22)16-1-2-16/h11-14,16,19H,1-10,15H2,(H,37,38,39). The molecule has 0 radical (unpaired) electrons. The second-order valence-corrected chi connectivity index (χ2v) is 15.4. The van der Waals surface area contributed by atoms with Gasteiger partial charge in [0.1, 0.15) is 10.4 Å². The van der Waals surface area contributed by atoms with Crippen molar-refractivity contribution >= 4 is 38.7 Å². The van der Waals surface area contributed by atoms with Gasteiger partial charge in [-0.05, 0) is 66.8 Å². The Bertz CT molecular complexity index is 1840. The zero-order valence-electron chi connectivity index (χ0n) is 24.7. The van der Waals surface area contributed by atoms with Crippen LogP contribution in [0.2, 0.25) is 0 Å². The summed E-state index contributed by atoms with van der Waals surface area (Å²) in [7, 11) is -3.93. The molecule has 0 spiro atoms. The van der Waals surface area contributed by atoms with Crippen LogP contribution in [0.25, 0.3) is 10.6 Å². The van der Waals surface area contributed by atoms with E-state index < -0.39 is 46.1 Å². The SMILES string of the molecule is O=C1c2sc(-c3nc(Nc4cc5c(cc4C4CC4)CN(CCOC(F)(F)F)CC5)ncc3C(F)(F)F)cc2S(=O)(=O)CCN1C1CC1. The van der Waals surface area contributed by atoms with E-state index in [-0.39, 0.29) is 51.4 Å². The van der Waals surface area contributed by atoms with Crippen LogP contribution < -0.4 is 5.32 Å². The predicted octanol–water partition coefficient (Wildman–Crippen LogP) is 6.13. The first kappa shape index (κ1) is 32.3. The van der Waals surface area contributed by atoms with Crippen molar-refractivity contribution in [2.75, 3.05) is 37.3 Å². The van der Waals surface area contributed by atoms with Crippen molar-refractivity contribution in [3.63, 3.8) is 0 Å². The Hall–Kier alpha value is -3.28. The molecule has 7 rings (SSSR count). The minimum absolute atomic E-state index is 0.0343. The number of benzene rings is 1. The molecule has 47 heavy (non-hydrogen) atoms. The molecular formula is C30H29F6N5O4S2. The fraction of sp³-hybridized carbons (Fsp3) is 0.500. The van der Waals surface area contributed by atoms with Gasteiger partial charge in [0, 0.05) is 44.1 Å². The minimum atomic E-state index is -4.86. The van der Waals surface area contributed by atoms with Gasteiger partial charge in [-0.3, -0.25) is 14.4 Å². The van der Waals surface area contributed by atoms with Crippen molar-refractivity contribution < 1.29 is 44.3 Å². The summed E-state index contributed by atoms with van der Waals surface area (Å²) >= 11 is 0.686. The first-order chi connectivity index (χ1) is 22.2. The number of rotatable bonds is 8. The molecule has 0 atom stereocenters. The average Bonchev–Trinajstić information content (AvgIpc) is 3.93. The van der Waals surface area contributed by atoms with Gasteiger partial charge in [-0.2, -0.15) is 13.2 Å². The lowest BCUT2D eigenvalue weighted by Crippen LogP contribution is -2.34. The first-order valence-electron chi connectivity index (χ1n) is 15.1. The van der Waals surface area contributed by atoms with E-state index in [4.69, 9.17) is 0 Å². The molecule has 1 aromatic carbocycles. The highest BCUT2D eigenvalue weighted by Gasteiger charge is 2.42. The monoisotopic (exact) mass is 701 g/mol. The van der Waals surface area contributed by atoms with Gasteiger partial charge < -0.3 is 10.2 Å². The summed E-state index contributed by atoms with van der Waals surface area (Å²) in [5.74, 6) is -0.758. The molecule has 0 bridgehead atoms. The molecule has 0 saturated heterocycles. The van der Waals surface area contributed by atoms with Crippen molar-refractivity contribution in [3.8, 4) is 10.6 Å². The first-order valence-corrected chi connectivity index (χ1v) is 17.6. The maximum absolute atomic E-state index is 14.2. The van der Waals surface area contributed by atoms with Crippen molar-refractivity contribution in [3.05, 3.63) is 51.5 Å². The van der Waals surface area contributed by atoms with E-state index in [1.807, 2.05) is 17.0 Å². The summed E-state index contributed by atoms with van der Waals surface area (Å²) in [5, 5.41) is 3.08. The van der Waals surface area contributed by atoms with E-state index >= 15 is 0 Å². The maximum atomic E-state index is 14.2. The lowest BCUT2D eigenvalue weighted by molar-refractivity contribution is -0.325. The van der Waals surface area contributed by atoms with Gasteiger partial charge in [0.05, 0.1) is 27.8 Å². The topological polar surface area (TPSA) is 105 Å². The molecule has 2 aliphatic heterocycles. The van der Waals surface area contributed by atoms with Crippen LogP contribution >= 0.6 is 11.3 Å². The van der Waals surface area contributed by atoms with Gasteiger partial charge in [0.15, 0.2) is 9.84 Å². The van der Waals surface area contributed by atoms with Crippen LogP contribution in [0.15, 0.2) is 29.3 Å². The van der Waals surface area contributed by atoms with Crippen molar-refractivity contribution in [2.45, 2.75) is 68.0 Å². The summed E-state index contributed by atoms with van der Waals surface area (Å²) in [5.41, 5.74) is 1.73. The molecule has 17 heteroatoms. The quantitative estimate of drug-likeness (QED) is 0.280. The number of nitrogens with zero attached hydrogens (tertiary/aromatic N) is 4. The summed E-state index contributed by atoms with van der Waals surface area (Å²) < 4.78 is 110. The van der Waals surface area contributed by atoms with E-state index in [1.54, 1.807) is 0 Å². The largest absolute Gasteiger partial charge is 0.522 e. The van der Waals surface area contributed by atoms with Gasteiger partial charge in [-0.15, -0.1) is 24.5 Å². The second kappa shape index (κ2) is 11.7. The predicted molar refractivity (Wildman–Crippen MR) is 159 cm³/mol. The highest BCUT2D eigenvalue weighted by molar-refractivity contribution is 7.91. The maximum Gasteiger partial charge on any atom is 0.522 e. The highest BCUT2D eigenvalue weighted by Crippen LogP contribution is 2.46. The number of aromatic nitrogens is 2. The number of anilines is 2. The zero-order chi connectivity index (χ0) is 33.3. The van der Waals surface area contributed by atoms with Crippen LogP contribution in [0, 0.1) is 0 Å². The molecule has 2 saturated carbocycles. The molecule has 2 fully saturated rings. The number of amides is 1. The normalized spacial score (nSPS) is 20.1.